The first-order valence-electron chi connectivity index (χ1n) is 9.43. The second-order valence-corrected chi connectivity index (χ2v) is 8.94. The maximum absolute atomic E-state index is 14.3. The molecule has 4 nitrogen and oxygen atoms in total. The van der Waals surface area contributed by atoms with E-state index in [4.69, 9.17) is 17.3 Å². The van der Waals surface area contributed by atoms with E-state index in [1.807, 2.05) is 33.7 Å². The van der Waals surface area contributed by atoms with Crippen LogP contribution in [0, 0.1) is 16.5 Å². The van der Waals surface area contributed by atoms with E-state index in [-0.39, 0.29) is 5.82 Å². The lowest BCUT2D eigenvalue weighted by atomic mass is 9.96. The number of hydrogen-bond acceptors (Lipinski definition) is 3. The summed E-state index contributed by atoms with van der Waals surface area (Å²) in [7, 11) is 1.87. The maximum Gasteiger partial charge on any atom is 0.202 e. The normalized spacial score (nSPS) is 22.0. The molecule has 1 saturated carbocycles. The lowest BCUT2D eigenvalue weighted by molar-refractivity contribution is -0.958. The molecule has 0 radical (unpaired) electrons. The van der Waals surface area contributed by atoms with E-state index in [1.165, 1.54) is 29.4 Å². The van der Waals surface area contributed by atoms with E-state index in [0.717, 1.165) is 25.6 Å². The summed E-state index contributed by atoms with van der Waals surface area (Å²) in [6.45, 7) is 1.83. The number of benzene rings is 1. The van der Waals surface area contributed by atoms with E-state index < -0.39 is 0 Å². The third kappa shape index (κ3) is 2.98. The molecule has 1 fully saturated rings. The van der Waals surface area contributed by atoms with Crippen LogP contribution < -0.4 is 4.90 Å². The lowest BCUT2D eigenvalue weighted by Gasteiger charge is -2.32. The molecule has 2 atom stereocenters. The third-order valence-corrected chi connectivity index (χ3v) is 7.31. The van der Waals surface area contributed by atoms with Gasteiger partial charge in [-0.25, -0.2) is 4.39 Å². The van der Waals surface area contributed by atoms with Crippen molar-refractivity contribution in [2.75, 3.05) is 6.54 Å². The van der Waals surface area contributed by atoms with Crippen LogP contribution in [0.3, 0.4) is 0 Å². The summed E-state index contributed by atoms with van der Waals surface area (Å²) in [5, 5.41) is 6.94. The molecule has 1 unspecified atom stereocenters. The Labute approximate surface area is 166 Å². The Bertz CT molecular complexity index is 1050. The van der Waals surface area contributed by atoms with E-state index in [2.05, 4.69) is 11.4 Å². The van der Waals surface area contributed by atoms with Gasteiger partial charge in [-0.05, 0) is 48.6 Å². The van der Waals surface area contributed by atoms with Gasteiger partial charge in [0.1, 0.15) is 11.9 Å². The molecule has 0 bridgehead atoms. The molecule has 2 aromatic heterocycles. The van der Waals surface area contributed by atoms with Gasteiger partial charge in [-0.3, -0.25) is 0 Å². The minimum atomic E-state index is -0.267. The fraction of sp³-hybridized carbons (Fsp3) is 0.400. The Kier molecular flexibility index (Phi) is 4.26. The number of quaternary nitrogens is 1. The van der Waals surface area contributed by atoms with Gasteiger partial charge in [0.05, 0.1) is 12.1 Å². The molecule has 1 aromatic carbocycles. The number of rotatable bonds is 4. The molecule has 7 heteroatoms. The minimum Gasteiger partial charge on any atom is -0.310 e. The second-order valence-electron chi connectivity index (χ2n) is 7.58. The first-order valence-corrected chi connectivity index (χ1v) is 10.7. The molecule has 5 rings (SSSR count). The molecular weight excluding hydrogens is 379 g/mol. The zero-order valence-electron chi connectivity index (χ0n) is 15.2. The highest BCUT2D eigenvalue weighted by molar-refractivity contribution is 7.71. The van der Waals surface area contributed by atoms with Gasteiger partial charge in [0.2, 0.25) is 4.77 Å². The average Bonchev–Trinajstić information content (AvgIpc) is 3.33. The van der Waals surface area contributed by atoms with Crippen molar-refractivity contribution < 1.29 is 9.29 Å². The van der Waals surface area contributed by atoms with Crippen LogP contribution in [0.25, 0.3) is 11.4 Å². The number of hydrogen-bond donors (Lipinski definition) is 1. The van der Waals surface area contributed by atoms with Crippen molar-refractivity contribution in [2.24, 2.45) is 13.0 Å². The smallest absolute Gasteiger partial charge is 0.202 e. The Morgan fingerprint density at radius 1 is 1.30 bits per heavy atom. The second kappa shape index (κ2) is 6.65. The summed E-state index contributed by atoms with van der Waals surface area (Å²) in [5.74, 6) is 1.10. The summed E-state index contributed by atoms with van der Waals surface area (Å²) in [5.41, 5.74) is 2.03. The number of aromatic nitrogens is 3. The van der Waals surface area contributed by atoms with Gasteiger partial charge in [-0.15, -0.1) is 16.4 Å². The van der Waals surface area contributed by atoms with Crippen LogP contribution >= 0.6 is 23.6 Å². The highest BCUT2D eigenvalue weighted by Crippen LogP contribution is 2.42. The molecule has 3 heterocycles. The van der Waals surface area contributed by atoms with Crippen LogP contribution in [0.2, 0.25) is 0 Å². The molecule has 1 N–H and O–H groups in total. The summed E-state index contributed by atoms with van der Waals surface area (Å²) in [4.78, 5) is 3.07. The highest BCUT2D eigenvalue weighted by Gasteiger charge is 2.43. The van der Waals surface area contributed by atoms with Gasteiger partial charge in [-0.1, -0.05) is 12.1 Å². The van der Waals surface area contributed by atoms with Crippen molar-refractivity contribution in [3.8, 4) is 11.4 Å². The van der Waals surface area contributed by atoms with Crippen LogP contribution in [0.5, 0.6) is 0 Å². The van der Waals surface area contributed by atoms with Crippen molar-refractivity contribution in [2.45, 2.75) is 32.0 Å². The summed E-state index contributed by atoms with van der Waals surface area (Å²) in [6.07, 6.45) is 3.75. The number of nitrogens with one attached hydrogen (secondary N) is 1. The molecular formula is C20H22FN4S2+. The van der Waals surface area contributed by atoms with Crippen LogP contribution in [-0.2, 0) is 20.1 Å². The molecule has 0 saturated heterocycles. The molecule has 3 aromatic rings. The van der Waals surface area contributed by atoms with Crippen LogP contribution in [0.15, 0.2) is 35.7 Å². The predicted octanol–water partition coefficient (Wildman–Crippen LogP) is 3.37. The molecule has 1 aliphatic carbocycles. The number of halogens is 1. The van der Waals surface area contributed by atoms with E-state index in [9.17, 15) is 4.39 Å². The fourth-order valence-corrected chi connectivity index (χ4v) is 5.46. The maximum atomic E-state index is 14.3. The number of fused-ring (bicyclic) bond motifs is 1. The summed E-state index contributed by atoms with van der Waals surface area (Å²) < 4.78 is 18.6. The fourth-order valence-electron chi connectivity index (χ4n) is 4.33. The van der Waals surface area contributed by atoms with E-state index >= 15 is 0 Å². The van der Waals surface area contributed by atoms with Crippen LogP contribution in [0.4, 0.5) is 4.39 Å². The molecule has 27 heavy (non-hydrogen) atoms. The van der Waals surface area contributed by atoms with Gasteiger partial charge in [0.15, 0.2) is 12.5 Å². The Hall–Kier alpha value is -1.83. The topological polar surface area (TPSA) is 27.2 Å². The molecule has 140 valence electrons. The Morgan fingerprint density at radius 3 is 2.89 bits per heavy atom. The summed E-state index contributed by atoms with van der Waals surface area (Å²) in [6, 6.07) is 9.60. The minimum absolute atomic E-state index is 0.267. The van der Waals surface area contributed by atoms with Crippen LogP contribution in [0.1, 0.15) is 29.3 Å². The summed E-state index contributed by atoms with van der Waals surface area (Å²) >= 11 is 7.53. The van der Waals surface area contributed by atoms with Gasteiger partial charge in [0, 0.05) is 29.8 Å². The first kappa shape index (κ1) is 17.3. The zero-order chi connectivity index (χ0) is 18.5. The first-order chi connectivity index (χ1) is 13.1. The molecule has 1 aliphatic heterocycles. The highest BCUT2D eigenvalue weighted by atomic mass is 32.1. The monoisotopic (exact) mass is 401 g/mol. The number of nitrogens with zero attached hydrogens (tertiary/aromatic N) is 3. The zero-order valence-corrected chi connectivity index (χ0v) is 16.8. The third-order valence-electron chi connectivity index (χ3n) is 5.83. The Morgan fingerprint density at radius 2 is 2.11 bits per heavy atom. The van der Waals surface area contributed by atoms with Gasteiger partial charge in [0.25, 0.3) is 0 Å². The quantitative estimate of drug-likeness (QED) is 0.679. The largest absolute Gasteiger partial charge is 0.310 e. The van der Waals surface area contributed by atoms with Gasteiger partial charge in [-0.2, -0.15) is 4.68 Å². The van der Waals surface area contributed by atoms with Gasteiger partial charge < -0.3 is 9.47 Å². The molecule has 2 aliphatic rings. The van der Waals surface area contributed by atoms with Crippen molar-refractivity contribution in [1.82, 2.24) is 14.3 Å². The lowest BCUT2D eigenvalue weighted by Crippen LogP contribution is -3.13. The average molecular weight is 402 g/mol. The SMILES string of the molecule is Cn1c(-c2ccccc2F)nn(C[NH+]2CCc3sccc3[C@@H]2C2CC2)c1=S. The molecule has 0 spiro atoms. The predicted molar refractivity (Wildman–Crippen MR) is 107 cm³/mol. The standard InChI is InChI=1S/C20H21FN4S2/c1-23-19(14-4-2-3-5-16(14)21)22-25(20(23)26)12-24-10-8-17-15(9-11-27-17)18(24)13-6-7-13/h2-5,9,11,13,18H,6-8,10,12H2,1H3/p+1/t18-/m0/s1. The van der Waals surface area contributed by atoms with Crippen LogP contribution in [-0.4, -0.2) is 20.9 Å². The molecule has 0 amide bonds. The Balaban J connectivity index is 1.49. The van der Waals surface area contributed by atoms with Crippen molar-refractivity contribution in [3.05, 3.63) is 56.7 Å². The number of thiophene rings is 1. The van der Waals surface area contributed by atoms with Gasteiger partial charge >= 0.3 is 0 Å². The van der Waals surface area contributed by atoms with Crippen molar-refractivity contribution >= 4 is 23.6 Å². The van der Waals surface area contributed by atoms with E-state index in [0.29, 0.717) is 22.2 Å². The van der Waals surface area contributed by atoms with Crippen molar-refractivity contribution in [3.63, 3.8) is 0 Å². The van der Waals surface area contributed by atoms with Crippen molar-refractivity contribution in [1.29, 1.82) is 0 Å². The van der Waals surface area contributed by atoms with E-state index in [1.54, 1.807) is 17.0 Å².